The minimum Gasteiger partial charge on any atom is -0.467 e. The van der Waals surface area contributed by atoms with Crippen molar-refractivity contribution < 1.29 is 17.6 Å². The number of rotatable bonds is 5. The molecule has 152 valence electrons. The van der Waals surface area contributed by atoms with Crippen molar-refractivity contribution in [2.45, 2.75) is 31.2 Å². The maximum atomic E-state index is 13.3. The summed E-state index contributed by atoms with van der Waals surface area (Å²) in [6.07, 6.45) is 4.21. The summed E-state index contributed by atoms with van der Waals surface area (Å²) in [4.78, 5) is 17.0. The predicted molar refractivity (Wildman–Crippen MR) is 109 cm³/mol. The Morgan fingerprint density at radius 2 is 2.00 bits per heavy atom. The van der Waals surface area contributed by atoms with E-state index in [2.05, 4.69) is 10.3 Å². The van der Waals surface area contributed by atoms with Crippen LogP contribution < -0.4 is 5.32 Å². The summed E-state index contributed by atoms with van der Waals surface area (Å²) in [5.41, 5.74) is 1.63. The molecule has 3 heterocycles. The number of pyridine rings is 1. The number of aromatic nitrogens is 1. The van der Waals surface area contributed by atoms with Gasteiger partial charge in [0.05, 0.1) is 23.2 Å². The Balaban J connectivity index is 1.45. The summed E-state index contributed by atoms with van der Waals surface area (Å²) in [5, 5.41) is 3.49. The lowest BCUT2D eigenvalue weighted by Gasteiger charge is -2.30. The number of nitrogens with one attached hydrogen (secondary N) is 1. The highest BCUT2D eigenvalue weighted by atomic mass is 32.2. The SMILES string of the molecule is Cc1ccc(S(=O)(=O)N2CCC(C(=O)NCc3ccco3)CC2)c2cccnc12. The molecule has 0 spiro atoms. The largest absolute Gasteiger partial charge is 0.467 e. The predicted octanol–water partition coefficient (Wildman–Crippen LogP) is 2.85. The highest BCUT2D eigenvalue weighted by molar-refractivity contribution is 7.89. The van der Waals surface area contributed by atoms with Crippen molar-refractivity contribution in [3.05, 3.63) is 60.2 Å². The first-order valence-corrected chi connectivity index (χ1v) is 11.1. The van der Waals surface area contributed by atoms with Crippen molar-refractivity contribution in [2.24, 2.45) is 5.92 Å². The van der Waals surface area contributed by atoms with E-state index in [0.717, 1.165) is 5.56 Å². The van der Waals surface area contributed by atoms with Gasteiger partial charge in [0.15, 0.2) is 0 Å². The second kappa shape index (κ2) is 7.96. The number of sulfonamides is 1. The van der Waals surface area contributed by atoms with Gasteiger partial charge in [-0.3, -0.25) is 9.78 Å². The third-order valence-corrected chi connectivity index (χ3v) is 7.35. The van der Waals surface area contributed by atoms with Crippen LogP contribution >= 0.6 is 0 Å². The molecule has 1 aliphatic heterocycles. The lowest BCUT2D eigenvalue weighted by atomic mass is 9.97. The first kappa shape index (κ1) is 19.6. The number of hydrogen-bond donors (Lipinski definition) is 1. The van der Waals surface area contributed by atoms with Crippen molar-refractivity contribution in [1.29, 1.82) is 0 Å². The zero-order valence-electron chi connectivity index (χ0n) is 16.2. The summed E-state index contributed by atoms with van der Waals surface area (Å²) in [6.45, 7) is 2.89. The number of hydrogen-bond acceptors (Lipinski definition) is 5. The quantitative estimate of drug-likeness (QED) is 0.694. The maximum absolute atomic E-state index is 13.3. The van der Waals surface area contributed by atoms with Gasteiger partial charge in [-0.1, -0.05) is 6.07 Å². The molecule has 1 N–H and O–H groups in total. The average Bonchev–Trinajstić information content (AvgIpc) is 3.26. The van der Waals surface area contributed by atoms with Crippen molar-refractivity contribution >= 4 is 26.8 Å². The van der Waals surface area contributed by atoms with Crippen LogP contribution in [0.5, 0.6) is 0 Å². The summed E-state index contributed by atoms with van der Waals surface area (Å²) in [7, 11) is -3.66. The minimum atomic E-state index is -3.66. The average molecular weight is 413 g/mol. The summed E-state index contributed by atoms with van der Waals surface area (Å²) in [6, 6.07) is 10.5. The lowest BCUT2D eigenvalue weighted by molar-refractivity contribution is -0.126. The van der Waals surface area contributed by atoms with Crippen LogP contribution in [0.2, 0.25) is 0 Å². The molecule has 1 aliphatic rings. The van der Waals surface area contributed by atoms with Crippen LogP contribution in [-0.2, 0) is 21.4 Å². The molecule has 1 fully saturated rings. The molecule has 8 heteroatoms. The van der Waals surface area contributed by atoms with Gasteiger partial charge in [-0.2, -0.15) is 4.31 Å². The molecule has 29 heavy (non-hydrogen) atoms. The fourth-order valence-electron chi connectivity index (χ4n) is 3.74. The summed E-state index contributed by atoms with van der Waals surface area (Å²) in [5.74, 6) is 0.425. The molecule has 2 aromatic heterocycles. The molecule has 1 aromatic carbocycles. The number of fused-ring (bicyclic) bond motifs is 1. The van der Waals surface area contributed by atoms with Crippen molar-refractivity contribution in [3.63, 3.8) is 0 Å². The van der Waals surface area contributed by atoms with Crippen LogP contribution in [0.3, 0.4) is 0 Å². The Kier molecular flexibility index (Phi) is 5.38. The van der Waals surface area contributed by atoms with E-state index in [4.69, 9.17) is 4.42 Å². The van der Waals surface area contributed by atoms with Gasteiger partial charge in [0, 0.05) is 30.6 Å². The van der Waals surface area contributed by atoms with Gasteiger partial charge in [0.25, 0.3) is 0 Å². The van der Waals surface area contributed by atoms with Crippen LogP contribution in [0, 0.1) is 12.8 Å². The second-order valence-electron chi connectivity index (χ2n) is 7.26. The fraction of sp³-hybridized carbons (Fsp3) is 0.333. The highest BCUT2D eigenvalue weighted by Crippen LogP contribution is 2.29. The maximum Gasteiger partial charge on any atom is 0.243 e. The Morgan fingerprint density at radius 3 is 2.72 bits per heavy atom. The number of nitrogens with zero attached hydrogens (tertiary/aromatic N) is 2. The smallest absolute Gasteiger partial charge is 0.243 e. The summed E-state index contributed by atoms with van der Waals surface area (Å²) >= 11 is 0. The number of carbonyl (C=O) groups excluding carboxylic acids is 1. The van der Waals surface area contributed by atoms with Crippen LogP contribution in [0.25, 0.3) is 10.9 Å². The lowest BCUT2D eigenvalue weighted by Crippen LogP contribution is -2.42. The minimum absolute atomic E-state index is 0.0663. The summed E-state index contributed by atoms with van der Waals surface area (Å²) < 4.78 is 33.2. The standard InChI is InChI=1S/C21H23N3O4S/c1-15-6-7-19(18-5-2-10-22-20(15)18)29(26,27)24-11-8-16(9-12-24)21(25)23-14-17-4-3-13-28-17/h2-7,10,13,16H,8-9,11-12,14H2,1H3,(H,23,25). The monoisotopic (exact) mass is 413 g/mol. The van der Waals surface area contributed by atoms with Crippen molar-refractivity contribution in [3.8, 4) is 0 Å². The van der Waals surface area contributed by atoms with Crippen molar-refractivity contribution in [2.75, 3.05) is 13.1 Å². The van der Waals surface area contributed by atoms with Gasteiger partial charge in [0.2, 0.25) is 15.9 Å². The number of furan rings is 1. The molecule has 0 bridgehead atoms. The van der Waals surface area contributed by atoms with E-state index in [1.807, 2.05) is 6.92 Å². The van der Waals surface area contributed by atoms with E-state index in [1.54, 1.807) is 48.9 Å². The van der Waals surface area contributed by atoms with Gasteiger partial charge >= 0.3 is 0 Å². The Labute approximate surface area is 169 Å². The molecule has 7 nitrogen and oxygen atoms in total. The number of aryl methyl sites for hydroxylation is 1. The second-order valence-corrected chi connectivity index (χ2v) is 9.16. The van der Waals surface area contributed by atoms with Gasteiger partial charge < -0.3 is 9.73 Å². The normalized spacial score (nSPS) is 16.2. The Hall–Kier alpha value is -2.71. The zero-order chi connectivity index (χ0) is 20.4. The number of benzene rings is 1. The Bertz CT molecular complexity index is 1120. The molecule has 0 atom stereocenters. The van der Waals surface area contributed by atoms with Crippen LogP contribution in [-0.4, -0.2) is 36.7 Å². The highest BCUT2D eigenvalue weighted by Gasteiger charge is 2.33. The third kappa shape index (κ3) is 3.90. The van der Waals surface area contributed by atoms with E-state index >= 15 is 0 Å². The van der Waals surface area contributed by atoms with Crippen LogP contribution in [0.15, 0.2) is 58.2 Å². The molecule has 1 saturated heterocycles. The molecule has 0 aliphatic carbocycles. The molecule has 0 unspecified atom stereocenters. The molecule has 1 amide bonds. The van der Waals surface area contributed by atoms with E-state index in [9.17, 15) is 13.2 Å². The van der Waals surface area contributed by atoms with E-state index in [-0.39, 0.29) is 16.7 Å². The third-order valence-electron chi connectivity index (χ3n) is 5.39. The Morgan fingerprint density at radius 1 is 1.21 bits per heavy atom. The fourth-order valence-corrected chi connectivity index (χ4v) is 5.39. The first-order chi connectivity index (χ1) is 14.0. The van der Waals surface area contributed by atoms with Gasteiger partial charge in [0.1, 0.15) is 5.76 Å². The molecule has 0 saturated carbocycles. The first-order valence-electron chi connectivity index (χ1n) is 9.61. The molecule has 3 aromatic rings. The van der Waals surface area contributed by atoms with E-state index < -0.39 is 10.0 Å². The van der Waals surface area contributed by atoms with E-state index in [1.165, 1.54) is 4.31 Å². The van der Waals surface area contributed by atoms with Gasteiger partial charge in [-0.05, 0) is 55.7 Å². The number of piperidine rings is 1. The molecule has 0 radical (unpaired) electrons. The van der Waals surface area contributed by atoms with Crippen LogP contribution in [0.1, 0.15) is 24.2 Å². The molecular formula is C21H23N3O4S. The molecule has 4 rings (SSSR count). The van der Waals surface area contributed by atoms with Gasteiger partial charge in [-0.25, -0.2) is 8.42 Å². The van der Waals surface area contributed by atoms with Crippen LogP contribution in [0.4, 0.5) is 0 Å². The molecular weight excluding hydrogens is 390 g/mol. The van der Waals surface area contributed by atoms with Gasteiger partial charge in [-0.15, -0.1) is 0 Å². The number of carbonyl (C=O) groups is 1. The topological polar surface area (TPSA) is 92.5 Å². The van der Waals surface area contributed by atoms with Crippen molar-refractivity contribution in [1.82, 2.24) is 14.6 Å². The van der Waals surface area contributed by atoms with E-state index in [0.29, 0.717) is 49.1 Å². The zero-order valence-corrected chi connectivity index (χ0v) is 17.0. The number of amides is 1.